The first-order chi connectivity index (χ1) is 13.8. The number of aryl methyl sites for hydroxylation is 1. The molecule has 2 heterocycles. The van der Waals surface area contributed by atoms with Crippen LogP contribution in [0.4, 0.5) is 11.8 Å². The molecule has 3 rings (SSSR count). The Bertz CT molecular complexity index is 981. The number of anilines is 2. The van der Waals surface area contributed by atoms with Crippen molar-refractivity contribution in [1.82, 2.24) is 14.5 Å². The van der Waals surface area contributed by atoms with Gasteiger partial charge in [-0.2, -0.15) is 4.98 Å². The molecule has 0 spiro atoms. The minimum Gasteiger partial charge on any atom is -0.467 e. The molecule has 0 radical (unpaired) electrons. The van der Waals surface area contributed by atoms with Gasteiger partial charge in [0, 0.05) is 51.0 Å². The maximum atomic E-state index is 6.02. The van der Waals surface area contributed by atoms with Crippen LogP contribution in [0, 0.1) is 0 Å². The Hall–Kier alpha value is -2.58. The Labute approximate surface area is 173 Å². The Kier molecular flexibility index (Phi) is 6.44. The molecule has 0 fully saturated rings. The van der Waals surface area contributed by atoms with Crippen LogP contribution in [0.2, 0.25) is 25.7 Å². The van der Waals surface area contributed by atoms with Gasteiger partial charge in [0.05, 0.1) is 5.52 Å². The molecule has 0 unspecified atom stereocenters. The van der Waals surface area contributed by atoms with Gasteiger partial charge in [-0.15, -0.1) is 0 Å². The SMILES string of the molecule is CCn1ccc2c(OCOCC[Si](C)(C)C)cc(Cc3cnc(N)nc3N)cc21. The highest BCUT2D eigenvalue weighted by Crippen LogP contribution is 2.30. The molecule has 0 aliphatic heterocycles. The molecule has 7 nitrogen and oxygen atoms in total. The Morgan fingerprint density at radius 1 is 1.17 bits per heavy atom. The van der Waals surface area contributed by atoms with Crippen molar-refractivity contribution in [3.8, 4) is 5.75 Å². The van der Waals surface area contributed by atoms with E-state index in [9.17, 15) is 0 Å². The summed E-state index contributed by atoms with van der Waals surface area (Å²) >= 11 is 0. The van der Waals surface area contributed by atoms with E-state index >= 15 is 0 Å². The molecule has 3 aromatic rings. The zero-order valence-corrected chi connectivity index (χ0v) is 18.7. The molecule has 156 valence electrons. The fourth-order valence-corrected chi connectivity index (χ4v) is 3.90. The Morgan fingerprint density at radius 2 is 1.97 bits per heavy atom. The van der Waals surface area contributed by atoms with E-state index in [1.54, 1.807) is 6.20 Å². The van der Waals surface area contributed by atoms with Crippen molar-refractivity contribution in [2.45, 2.75) is 45.6 Å². The monoisotopic (exact) mass is 413 g/mol. The number of nitrogens with two attached hydrogens (primary N) is 2. The summed E-state index contributed by atoms with van der Waals surface area (Å²) in [6, 6.07) is 7.41. The second kappa shape index (κ2) is 8.83. The fraction of sp³-hybridized carbons (Fsp3) is 0.429. The molecule has 0 atom stereocenters. The van der Waals surface area contributed by atoms with Gasteiger partial charge in [0.15, 0.2) is 6.79 Å². The van der Waals surface area contributed by atoms with Crippen molar-refractivity contribution in [3.63, 3.8) is 0 Å². The Balaban J connectivity index is 1.81. The van der Waals surface area contributed by atoms with Crippen LogP contribution < -0.4 is 16.2 Å². The zero-order valence-electron chi connectivity index (χ0n) is 17.7. The molecule has 2 aromatic heterocycles. The fourth-order valence-electron chi connectivity index (χ4n) is 3.15. The second-order valence-electron chi connectivity index (χ2n) is 8.43. The number of hydrogen-bond donors (Lipinski definition) is 2. The number of nitrogen functional groups attached to an aromatic ring is 2. The van der Waals surface area contributed by atoms with Gasteiger partial charge in [-0.3, -0.25) is 0 Å². The van der Waals surface area contributed by atoms with Gasteiger partial charge in [-0.25, -0.2) is 4.98 Å². The standard InChI is InChI=1S/C21H31N5O2Si/c1-5-26-7-6-17-18(26)11-15(10-16-13-24-21(23)25-20(16)22)12-19(17)28-14-27-8-9-29(2,3)4/h6-7,11-13H,5,8-10,14H2,1-4H3,(H4,22,23,24,25). The number of fused-ring (bicyclic) bond motifs is 1. The van der Waals surface area contributed by atoms with Crippen molar-refractivity contribution >= 4 is 30.7 Å². The number of benzene rings is 1. The van der Waals surface area contributed by atoms with Gasteiger partial charge in [-0.1, -0.05) is 19.6 Å². The summed E-state index contributed by atoms with van der Waals surface area (Å²) < 4.78 is 13.9. The van der Waals surface area contributed by atoms with Crippen molar-refractivity contribution in [3.05, 3.63) is 41.7 Å². The highest BCUT2D eigenvalue weighted by molar-refractivity contribution is 6.76. The molecule has 0 aliphatic rings. The van der Waals surface area contributed by atoms with Crippen molar-refractivity contribution in [2.24, 2.45) is 0 Å². The summed E-state index contributed by atoms with van der Waals surface area (Å²) in [5, 5.41) is 1.07. The first-order valence-electron chi connectivity index (χ1n) is 9.96. The Morgan fingerprint density at radius 3 is 2.66 bits per heavy atom. The van der Waals surface area contributed by atoms with Gasteiger partial charge in [-0.05, 0) is 36.7 Å². The van der Waals surface area contributed by atoms with Crippen molar-refractivity contribution in [1.29, 1.82) is 0 Å². The van der Waals surface area contributed by atoms with E-state index in [1.807, 2.05) is 6.07 Å². The second-order valence-corrected chi connectivity index (χ2v) is 14.0. The average molecular weight is 414 g/mol. The molecule has 0 bridgehead atoms. The molecule has 8 heteroatoms. The molecule has 0 saturated heterocycles. The maximum Gasteiger partial charge on any atom is 0.221 e. The third-order valence-corrected chi connectivity index (χ3v) is 6.56. The molecule has 0 aliphatic carbocycles. The quantitative estimate of drug-likeness (QED) is 0.313. The van der Waals surface area contributed by atoms with Crippen LogP contribution >= 0.6 is 0 Å². The van der Waals surface area contributed by atoms with E-state index in [1.165, 1.54) is 0 Å². The molecular weight excluding hydrogens is 382 g/mol. The predicted molar refractivity (Wildman–Crippen MR) is 121 cm³/mol. The molecule has 0 amide bonds. The zero-order chi connectivity index (χ0) is 21.0. The molecule has 29 heavy (non-hydrogen) atoms. The smallest absolute Gasteiger partial charge is 0.221 e. The summed E-state index contributed by atoms with van der Waals surface area (Å²) in [7, 11) is -1.11. The minimum absolute atomic E-state index is 0.182. The lowest BCUT2D eigenvalue weighted by molar-refractivity contribution is 0.0229. The van der Waals surface area contributed by atoms with Crippen LogP contribution in [0.15, 0.2) is 30.6 Å². The third kappa shape index (κ3) is 5.48. The number of rotatable bonds is 9. The van der Waals surface area contributed by atoms with Crippen LogP contribution in [0.5, 0.6) is 5.75 Å². The van der Waals surface area contributed by atoms with Gasteiger partial charge in [0.1, 0.15) is 11.6 Å². The highest BCUT2D eigenvalue weighted by Gasteiger charge is 2.14. The van der Waals surface area contributed by atoms with E-state index in [-0.39, 0.29) is 12.7 Å². The van der Waals surface area contributed by atoms with E-state index in [0.29, 0.717) is 12.2 Å². The minimum atomic E-state index is -1.11. The molecule has 4 N–H and O–H groups in total. The van der Waals surface area contributed by atoms with Crippen LogP contribution in [0.25, 0.3) is 10.9 Å². The van der Waals surface area contributed by atoms with E-state index in [0.717, 1.165) is 47.0 Å². The van der Waals surface area contributed by atoms with E-state index in [4.69, 9.17) is 20.9 Å². The van der Waals surface area contributed by atoms with Crippen molar-refractivity contribution < 1.29 is 9.47 Å². The summed E-state index contributed by atoms with van der Waals surface area (Å²) in [6.07, 6.45) is 4.36. The van der Waals surface area contributed by atoms with Crippen LogP contribution in [0.1, 0.15) is 18.1 Å². The average Bonchev–Trinajstić information content (AvgIpc) is 3.06. The topological polar surface area (TPSA) is 101 Å². The normalized spacial score (nSPS) is 11.9. The van der Waals surface area contributed by atoms with Crippen LogP contribution in [-0.4, -0.2) is 36.0 Å². The predicted octanol–water partition coefficient (Wildman–Crippen LogP) is 3.90. The number of ether oxygens (including phenoxy) is 2. The first-order valence-corrected chi connectivity index (χ1v) is 13.7. The van der Waals surface area contributed by atoms with Crippen LogP contribution in [-0.2, 0) is 17.7 Å². The van der Waals surface area contributed by atoms with Gasteiger partial charge < -0.3 is 25.5 Å². The largest absolute Gasteiger partial charge is 0.467 e. The highest BCUT2D eigenvalue weighted by atomic mass is 28.3. The van der Waals surface area contributed by atoms with E-state index < -0.39 is 8.07 Å². The van der Waals surface area contributed by atoms with E-state index in [2.05, 4.69) is 59.4 Å². The first kappa shape index (κ1) is 21.1. The van der Waals surface area contributed by atoms with Gasteiger partial charge in [0.2, 0.25) is 5.95 Å². The third-order valence-electron chi connectivity index (χ3n) is 4.86. The molecule has 0 saturated carbocycles. The molecular formula is C21H31N5O2Si. The lowest BCUT2D eigenvalue weighted by atomic mass is 10.0. The van der Waals surface area contributed by atoms with Crippen LogP contribution in [0.3, 0.4) is 0 Å². The lowest BCUT2D eigenvalue weighted by Gasteiger charge is -2.16. The van der Waals surface area contributed by atoms with Gasteiger partial charge in [0.25, 0.3) is 0 Å². The van der Waals surface area contributed by atoms with Gasteiger partial charge >= 0.3 is 0 Å². The number of nitrogens with zero attached hydrogens (tertiary/aromatic N) is 3. The molecule has 1 aromatic carbocycles. The lowest BCUT2D eigenvalue weighted by Crippen LogP contribution is -2.22. The summed E-state index contributed by atoms with van der Waals surface area (Å²) in [6.45, 7) is 11.0. The summed E-state index contributed by atoms with van der Waals surface area (Å²) in [5.41, 5.74) is 14.7. The summed E-state index contributed by atoms with van der Waals surface area (Å²) in [4.78, 5) is 8.13. The number of hydrogen-bond acceptors (Lipinski definition) is 6. The maximum absolute atomic E-state index is 6.02. The number of aromatic nitrogens is 3. The summed E-state index contributed by atoms with van der Waals surface area (Å²) in [5.74, 6) is 1.40. The van der Waals surface area contributed by atoms with Crippen molar-refractivity contribution in [2.75, 3.05) is 24.9 Å².